The standard InChI is InChI=1S/C11H10N4O2S/c1-7-14-6-8(10(16)17-2)9(15-7)18-11-12-4-3-5-13-11/h3-6H,1-2H3. The zero-order valence-corrected chi connectivity index (χ0v) is 10.6. The third-order valence-electron chi connectivity index (χ3n) is 2.01. The summed E-state index contributed by atoms with van der Waals surface area (Å²) in [5.41, 5.74) is 0.306. The fraction of sp³-hybridized carbons (Fsp3) is 0.182. The molecule has 0 aromatic carbocycles. The lowest BCUT2D eigenvalue weighted by molar-refractivity contribution is 0.0595. The molecule has 0 bridgehead atoms. The minimum atomic E-state index is -0.478. The molecule has 0 spiro atoms. The van der Waals surface area contributed by atoms with Crippen molar-refractivity contribution in [1.29, 1.82) is 0 Å². The zero-order chi connectivity index (χ0) is 13.0. The second-order valence-electron chi connectivity index (χ2n) is 3.26. The van der Waals surface area contributed by atoms with Crippen LogP contribution in [0.2, 0.25) is 0 Å². The van der Waals surface area contributed by atoms with Gasteiger partial charge in [-0.2, -0.15) is 0 Å². The SMILES string of the molecule is COC(=O)c1cnc(C)nc1Sc1ncccn1. The average Bonchev–Trinajstić information content (AvgIpc) is 2.39. The van der Waals surface area contributed by atoms with Gasteiger partial charge in [0, 0.05) is 18.6 Å². The average molecular weight is 262 g/mol. The minimum absolute atomic E-state index is 0.306. The van der Waals surface area contributed by atoms with Crippen molar-refractivity contribution in [2.45, 2.75) is 17.1 Å². The van der Waals surface area contributed by atoms with Gasteiger partial charge in [-0.15, -0.1) is 0 Å². The van der Waals surface area contributed by atoms with Crippen molar-refractivity contribution in [1.82, 2.24) is 19.9 Å². The molecule has 92 valence electrons. The minimum Gasteiger partial charge on any atom is -0.465 e. The van der Waals surface area contributed by atoms with Gasteiger partial charge in [-0.25, -0.2) is 24.7 Å². The van der Waals surface area contributed by atoms with E-state index in [1.807, 2.05) is 0 Å². The molecular formula is C11H10N4O2S. The number of ether oxygens (including phenoxy) is 1. The Morgan fingerprint density at radius 3 is 2.67 bits per heavy atom. The predicted octanol–water partition coefficient (Wildman–Crippen LogP) is 1.51. The molecule has 0 atom stereocenters. The van der Waals surface area contributed by atoms with Gasteiger partial charge in [-0.1, -0.05) is 0 Å². The summed E-state index contributed by atoms with van der Waals surface area (Å²) in [5.74, 6) is 0.0921. The monoisotopic (exact) mass is 262 g/mol. The first kappa shape index (κ1) is 12.4. The molecule has 2 aromatic heterocycles. The molecule has 0 saturated carbocycles. The third kappa shape index (κ3) is 2.80. The molecule has 0 radical (unpaired) electrons. The number of rotatable bonds is 3. The van der Waals surface area contributed by atoms with Crippen LogP contribution in [0.5, 0.6) is 0 Å². The normalized spacial score (nSPS) is 10.1. The molecule has 0 aliphatic heterocycles. The lowest BCUT2D eigenvalue weighted by atomic mass is 10.3. The van der Waals surface area contributed by atoms with Crippen molar-refractivity contribution in [3.05, 3.63) is 36.0 Å². The summed E-state index contributed by atoms with van der Waals surface area (Å²) in [6, 6.07) is 1.72. The molecule has 2 aromatic rings. The van der Waals surface area contributed by atoms with E-state index < -0.39 is 5.97 Å². The molecule has 0 amide bonds. The molecular weight excluding hydrogens is 252 g/mol. The Kier molecular flexibility index (Phi) is 3.83. The molecule has 0 N–H and O–H groups in total. The van der Waals surface area contributed by atoms with Crippen LogP contribution in [0.4, 0.5) is 0 Å². The maximum atomic E-state index is 11.6. The van der Waals surface area contributed by atoms with Gasteiger partial charge in [-0.05, 0) is 24.8 Å². The predicted molar refractivity (Wildman–Crippen MR) is 64.3 cm³/mol. The summed E-state index contributed by atoms with van der Waals surface area (Å²) in [5, 5.41) is 1.00. The smallest absolute Gasteiger partial charge is 0.342 e. The Morgan fingerprint density at radius 2 is 2.00 bits per heavy atom. The van der Waals surface area contributed by atoms with Crippen LogP contribution in [-0.4, -0.2) is 33.0 Å². The van der Waals surface area contributed by atoms with Crippen LogP contribution in [0, 0.1) is 6.92 Å². The van der Waals surface area contributed by atoms with Gasteiger partial charge in [-0.3, -0.25) is 0 Å². The number of hydrogen-bond donors (Lipinski definition) is 0. The number of methoxy groups -OCH3 is 1. The molecule has 6 nitrogen and oxygen atoms in total. The number of aryl methyl sites for hydroxylation is 1. The first-order chi connectivity index (χ1) is 8.70. The van der Waals surface area contributed by atoms with E-state index >= 15 is 0 Å². The van der Waals surface area contributed by atoms with Crippen molar-refractivity contribution in [2.24, 2.45) is 0 Å². The van der Waals surface area contributed by atoms with Crippen LogP contribution in [0.25, 0.3) is 0 Å². The first-order valence-corrected chi connectivity index (χ1v) is 5.89. The maximum absolute atomic E-state index is 11.6. The number of hydrogen-bond acceptors (Lipinski definition) is 7. The molecule has 7 heteroatoms. The van der Waals surface area contributed by atoms with Crippen LogP contribution in [0.1, 0.15) is 16.2 Å². The number of carbonyl (C=O) groups is 1. The topological polar surface area (TPSA) is 77.9 Å². The molecule has 18 heavy (non-hydrogen) atoms. The van der Waals surface area contributed by atoms with Crippen molar-refractivity contribution in [3.63, 3.8) is 0 Å². The number of carbonyl (C=O) groups excluding carboxylic acids is 1. The second kappa shape index (κ2) is 5.54. The van der Waals surface area contributed by atoms with Crippen LogP contribution in [0.15, 0.2) is 34.8 Å². The van der Waals surface area contributed by atoms with E-state index in [4.69, 9.17) is 0 Å². The van der Waals surface area contributed by atoms with Gasteiger partial charge in [0.25, 0.3) is 0 Å². The lowest BCUT2D eigenvalue weighted by Crippen LogP contribution is -2.07. The molecule has 0 saturated heterocycles. The van der Waals surface area contributed by atoms with Gasteiger partial charge in [0.15, 0.2) is 5.16 Å². The summed E-state index contributed by atoms with van der Waals surface area (Å²) < 4.78 is 4.68. The first-order valence-electron chi connectivity index (χ1n) is 5.07. The molecule has 0 unspecified atom stereocenters. The van der Waals surface area contributed by atoms with Crippen molar-refractivity contribution < 1.29 is 9.53 Å². The zero-order valence-electron chi connectivity index (χ0n) is 9.82. The fourth-order valence-electron chi connectivity index (χ4n) is 1.20. The maximum Gasteiger partial charge on any atom is 0.342 e. The highest BCUT2D eigenvalue weighted by Gasteiger charge is 2.16. The fourth-order valence-corrected chi connectivity index (χ4v) is 2.03. The van der Waals surface area contributed by atoms with Gasteiger partial charge in [0.1, 0.15) is 16.4 Å². The van der Waals surface area contributed by atoms with Crippen molar-refractivity contribution >= 4 is 17.7 Å². The van der Waals surface area contributed by atoms with E-state index in [-0.39, 0.29) is 0 Å². The van der Waals surface area contributed by atoms with Gasteiger partial charge < -0.3 is 4.74 Å². The molecule has 2 rings (SSSR count). The summed E-state index contributed by atoms with van der Waals surface area (Å²) >= 11 is 1.20. The molecule has 0 fully saturated rings. The van der Waals surface area contributed by atoms with Gasteiger partial charge in [0.05, 0.1) is 7.11 Å². The highest BCUT2D eigenvalue weighted by atomic mass is 32.2. The van der Waals surface area contributed by atoms with E-state index in [1.165, 1.54) is 25.1 Å². The highest BCUT2D eigenvalue weighted by Crippen LogP contribution is 2.25. The van der Waals surface area contributed by atoms with Crippen molar-refractivity contribution in [3.8, 4) is 0 Å². The van der Waals surface area contributed by atoms with E-state index in [1.54, 1.807) is 25.4 Å². The molecule has 0 aliphatic carbocycles. The second-order valence-corrected chi connectivity index (χ2v) is 4.22. The summed E-state index contributed by atoms with van der Waals surface area (Å²) in [6.07, 6.45) is 4.70. The summed E-state index contributed by atoms with van der Waals surface area (Å²) in [4.78, 5) is 27.9. The number of nitrogens with zero attached hydrogens (tertiary/aromatic N) is 4. The van der Waals surface area contributed by atoms with Gasteiger partial charge in [0.2, 0.25) is 0 Å². The Bertz CT molecular complexity index is 562. The van der Waals surface area contributed by atoms with Crippen LogP contribution in [-0.2, 0) is 4.74 Å². The van der Waals surface area contributed by atoms with Gasteiger partial charge >= 0.3 is 5.97 Å². The van der Waals surface area contributed by atoms with Crippen LogP contribution in [0.3, 0.4) is 0 Å². The lowest BCUT2D eigenvalue weighted by Gasteiger charge is -2.05. The van der Waals surface area contributed by atoms with E-state index in [0.717, 1.165) is 0 Å². The summed E-state index contributed by atoms with van der Waals surface area (Å²) in [7, 11) is 1.32. The number of aromatic nitrogens is 4. The third-order valence-corrected chi connectivity index (χ3v) is 2.91. The van der Waals surface area contributed by atoms with E-state index in [9.17, 15) is 4.79 Å². The molecule has 0 aliphatic rings. The Labute approximate surface area is 108 Å². The van der Waals surface area contributed by atoms with E-state index in [0.29, 0.717) is 21.6 Å². The Morgan fingerprint density at radius 1 is 1.28 bits per heavy atom. The van der Waals surface area contributed by atoms with E-state index in [2.05, 4.69) is 24.7 Å². The number of esters is 1. The van der Waals surface area contributed by atoms with Crippen LogP contribution >= 0.6 is 11.8 Å². The Balaban J connectivity index is 2.36. The molecule has 2 heterocycles. The van der Waals surface area contributed by atoms with Crippen LogP contribution < -0.4 is 0 Å². The summed E-state index contributed by atoms with van der Waals surface area (Å²) in [6.45, 7) is 1.75. The Hall–Kier alpha value is -2.02. The highest BCUT2D eigenvalue weighted by molar-refractivity contribution is 7.99. The quantitative estimate of drug-likeness (QED) is 0.471. The largest absolute Gasteiger partial charge is 0.465 e. The van der Waals surface area contributed by atoms with Crippen molar-refractivity contribution in [2.75, 3.05) is 7.11 Å².